The van der Waals surface area contributed by atoms with Crippen LogP contribution in [0.25, 0.3) is 0 Å². The molecule has 0 aromatic heterocycles. The Bertz CT molecular complexity index is 405. The van der Waals surface area contributed by atoms with Gasteiger partial charge in [0.2, 0.25) is 0 Å². The molecule has 1 fully saturated rings. The minimum absolute atomic E-state index is 0.153. The highest BCUT2D eigenvalue weighted by Gasteiger charge is 2.42. The molecule has 3 unspecified atom stereocenters. The van der Waals surface area contributed by atoms with Gasteiger partial charge in [-0.15, -0.1) is 0 Å². The van der Waals surface area contributed by atoms with Gasteiger partial charge in [-0.25, -0.2) is 0 Å². The molecule has 3 heteroatoms. The first kappa shape index (κ1) is 14.4. The van der Waals surface area contributed by atoms with Gasteiger partial charge in [0, 0.05) is 19.4 Å². The molecule has 1 N–H and O–H groups in total. The summed E-state index contributed by atoms with van der Waals surface area (Å²) in [6.07, 6.45) is 1.40. The van der Waals surface area contributed by atoms with E-state index in [4.69, 9.17) is 9.47 Å². The van der Waals surface area contributed by atoms with Crippen LogP contribution < -0.4 is 5.32 Å². The van der Waals surface area contributed by atoms with Crippen LogP contribution in [0.3, 0.4) is 0 Å². The van der Waals surface area contributed by atoms with E-state index in [0.29, 0.717) is 12.0 Å². The molecule has 1 aliphatic carbocycles. The molecule has 0 saturated heterocycles. The summed E-state index contributed by atoms with van der Waals surface area (Å²) in [4.78, 5) is 0. The number of nitrogens with one attached hydrogen (secondary N) is 1. The molecule has 106 valence electrons. The van der Waals surface area contributed by atoms with E-state index in [0.717, 1.165) is 13.0 Å². The fourth-order valence-electron chi connectivity index (χ4n) is 2.75. The lowest BCUT2D eigenvalue weighted by Crippen LogP contribution is -2.56. The van der Waals surface area contributed by atoms with Crippen LogP contribution in [0, 0.1) is 0 Å². The zero-order valence-corrected chi connectivity index (χ0v) is 12.3. The number of hydrogen-bond donors (Lipinski definition) is 1. The predicted molar refractivity (Wildman–Crippen MR) is 78.8 cm³/mol. The van der Waals surface area contributed by atoms with E-state index in [9.17, 15) is 0 Å². The van der Waals surface area contributed by atoms with Crippen molar-refractivity contribution in [2.24, 2.45) is 0 Å². The molecule has 2 rings (SSSR count). The standard InChI is InChI=1S/C16H25NO2/c1-5-19-15-10-14(16(15)18-4)17-13-9-7-6-8-12(13)11(2)3/h6-9,11,14-17H,5,10H2,1-4H3. The number of anilines is 1. The average Bonchev–Trinajstić information content (AvgIpc) is 2.38. The summed E-state index contributed by atoms with van der Waals surface area (Å²) in [5, 5.41) is 3.61. The topological polar surface area (TPSA) is 30.5 Å². The van der Waals surface area contributed by atoms with Crippen LogP contribution in [0.2, 0.25) is 0 Å². The summed E-state index contributed by atoms with van der Waals surface area (Å²) < 4.78 is 11.2. The Balaban J connectivity index is 2.02. The van der Waals surface area contributed by atoms with Crippen LogP contribution in [0.4, 0.5) is 5.69 Å². The van der Waals surface area contributed by atoms with Gasteiger partial charge >= 0.3 is 0 Å². The molecule has 0 bridgehead atoms. The number of rotatable bonds is 6. The lowest BCUT2D eigenvalue weighted by Gasteiger charge is -2.44. The lowest BCUT2D eigenvalue weighted by molar-refractivity contribution is -0.118. The highest BCUT2D eigenvalue weighted by atomic mass is 16.5. The zero-order chi connectivity index (χ0) is 13.8. The van der Waals surface area contributed by atoms with E-state index >= 15 is 0 Å². The minimum atomic E-state index is 0.153. The Labute approximate surface area is 116 Å². The largest absolute Gasteiger partial charge is 0.379 e. The normalized spacial score (nSPS) is 26.3. The fourth-order valence-corrected chi connectivity index (χ4v) is 2.75. The maximum absolute atomic E-state index is 5.66. The molecule has 0 aliphatic heterocycles. The van der Waals surface area contributed by atoms with Crippen molar-refractivity contribution < 1.29 is 9.47 Å². The van der Waals surface area contributed by atoms with Crippen LogP contribution >= 0.6 is 0 Å². The van der Waals surface area contributed by atoms with Gasteiger partial charge in [0.25, 0.3) is 0 Å². The third-order valence-corrected chi connectivity index (χ3v) is 3.83. The van der Waals surface area contributed by atoms with Gasteiger partial charge in [-0.3, -0.25) is 0 Å². The molecule has 1 aromatic carbocycles. The van der Waals surface area contributed by atoms with Crippen LogP contribution in [0.15, 0.2) is 24.3 Å². The van der Waals surface area contributed by atoms with Gasteiger partial charge in [-0.05, 0) is 30.9 Å². The number of methoxy groups -OCH3 is 1. The second-order valence-electron chi connectivity index (χ2n) is 5.42. The summed E-state index contributed by atoms with van der Waals surface area (Å²) in [5.74, 6) is 0.521. The van der Waals surface area contributed by atoms with E-state index in [-0.39, 0.29) is 12.2 Å². The average molecular weight is 263 g/mol. The smallest absolute Gasteiger partial charge is 0.103 e. The highest BCUT2D eigenvalue weighted by Crippen LogP contribution is 2.32. The van der Waals surface area contributed by atoms with Crippen molar-refractivity contribution in [3.05, 3.63) is 29.8 Å². The van der Waals surface area contributed by atoms with Crippen LogP contribution in [-0.2, 0) is 9.47 Å². The Kier molecular flexibility index (Phi) is 4.83. The van der Waals surface area contributed by atoms with Gasteiger partial charge < -0.3 is 14.8 Å². The van der Waals surface area contributed by atoms with E-state index in [2.05, 4.69) is 43.4 Å². The van der Waals surface area contributed by atoms with Crippen molar-refractivity contribution in [1.82, 2.24) is 0 Å². The van der Waals surface area contributed by atoms with Crippen molar-refractivity contribution in [3.8, 4) is 0 Å². The van der Waals surface area contributed by atoms with E-state index in [1.807, 2.05) is 6.92 Å². The first-order valence-electron chi connectivity index (χ1n) is 7.17. The van der Waals surface area contributed by atoms with Crippen molar-refractivity contribution >= 4 is 5.69 Å². The monoisotopic (exact) mass is 263 g/mol. The fraction of sp³-hybridized carbons (Fsp3) is 0.625. The van der Waals surface area contributed by atoms with Gasteiger partial charge in [0.05, 0.1) is 12.1 Å². The van der Waals surface area contributed by atoms with Crippen LogP contribution in [0.1, 0.15) is 38.7 Å². The number of ether oxygens (including phenoxy) is 2. The lowest BCUT2D eigenvalue weighted by atomic mass is 9.84. The van der Waals surface area contributed by atoms with Crippen molar-refractivity contribution in [2.75, 3.05) is 19.0 Å². The molecule has 1 aromatic rings. The molecule has 3 atom stereocenters. The van der Waals surface area contributed by atoms with E-state index in [1.165, 1.54) is 11.3 Å². The molecule has 0 amide bonds. The molecular formula is C16H25NO2. The van der Waals surface area contributed by atoms with Crippen molar-refractivity contribution in [2.45, 2.75) is 51.4 Å². The third kappa shape index (κ3) is 3.10. The predicted octanol–water partition coefficient (Wildman–Crippen LogP) is 3.41. The van der Waals surface area contributed by atoms with Gasteiger partial charge in [-0.1, -0.05) is 32.0 Å². The maximum Gasteiger partial charge on any atom is 0.103 e. The SMILES string of the molecule is CCOC1CC(Nc2ccccc2C(C)C)C1OC. The highest BCUT2D eigenvalue weighted by molar-refractivity contribution is 5.53. The van der Waals surface area contributed by atoms with Crippen LogP contribution in [0.5, 0.6) is 0 Å². The zero-order valence-electron chi connectivity index (χ0n) is 12.3. The second-order valence-corrected chi connectivity index (χ2v) is 5.42. The van der Waals surface area contributed by atoms with E-state index < -0.39 is 0 Å². The second kappa shape index (κ2) is 6.40. The Morgan fingerprint density at radius 3 is 2.68 bits per heavy atom. The molecule has 1 aliphatic rings. The van der Waals surface area contributed by atoms with Crippen molar-refractivity contribution in [1.29, 1.82) is 0 Å². The van der Waals surface area contributed by atoms with Gasteiger partial charge in [0.15, 0.2) is 0 Å². The number of para-hydroxylation sites is 1. The summed E-state index contributed by atoms with van der Waals surface area (Å²) >= 11 is 0. The Morgan fingerprint density at radius 1 is 1.32 bits per heavy atom. The van der Waals surface area contributed by atoms with Gasteiger partial charge in [-0.2, -0.15) is 0 Å². The molecule has 0 radical (unpaired) electrons. The molecule has 19 heavy (non-hydrogen) atoms. The summed E-state index contributed by atoms with van der Waals surface area (Å²) in [7, 11) is 1.76. The first-order chi connectivity index (χ1) is 9.17. The minimum Gasteiger partial charge on any atom is -0.379 e. The quantitative estimate of drug-likeness (QED) is 0.853. The van der Waals surface area contributed by atoms with Gasteiger partial charge in [0.1, 0.15) is 6.10 Å². The van der Waals surface area contributed by atoms with Crippen molar-refractivity contribution in [3.63, 3.8) is 0 Å². The molecular weight excluding hydrogens is 238 g/mol. The maximum atomic E-state index is 5.66. The molecule has 0 heterocycles. The number of hydrogen-bond acceptors (Lipinski definition) is 3. The Hall–Kier alpha value is -1.06. The Morgan fingerprint density at radius 2 is 2.05 bits per heavy atom. The first-order valence-corrected chi connectivity index (χ1v) is 7.17. The molecule has 1 saturated carbocycles. The third-order valence-electron chi connectivity index (χ3n) is 3.83. The van der Waals surface area contributed by atoms with Crippen LogP contribution in [-0.4, -0.2) is 32.0 Å². The number of benzene rings is 1. The summed E-state index contributed by atoms with van der Waals surface area (Å²) in [5.41, 5.74) is 2.58. The molecule has 3 nitrogen and oxygen atoms in total. The van der Waals surface area contributed by atoms with E-state index in [1.54, 1.807) is 7.11 Å². The molecule has 0 spiro atoms. The summed E-state index contributed by atoms with van der Waals surface area (Å²) in [6, 6.07) is 8.86. The summed E-state index contributed by atoms with van der Waals surface area (Å²) in [6.45, 7) is 7.22.